The Morgan fingerprint density at radius 1 is 1.42 bits per heavy atom. The van der Waals surface area contributed by atoms with Crippen LogP contribution in [0.1, 0.15) is 74.5 Å². The molecule has 1 aliphatic rings. The van der Waals surface area contributed by atoms with Gasteiger partial charge in [-0.05, 0) is 26.2 Å². The van der Waals surface area contributed by atoms with Gasteiger partial charge in [0.2, 0.25) is 0 Å². The van der Waals surface area contributed by atoms with E-state index in [0.29, 0.717) is 12.3 Å². The largest absolute Gasteiger partial charge is 0.468 e. The summed E-state index contributed by atoms with van der Waals surface area (Å²) in [5.41, 5.74) is 2.28. The van der Waals surface area contributed by atoms with E-state index in [2.05, 4.69) is 11.9 Å². The van der Waals surface area contributed by atoms with E-state index in [4.69, 9.17) is 9.72 Å². The maximum atomic E-state index is 11.8. The Morgan fingerprint density at radius 3 is 2.68 bits per heavy atom. The highest BCUT2D eigenvalue weighted by Crippen LogP contribution is 2.34. The van der Waals surface area contributed by atoms with Crippen molar-refractivity contribution in [3.63, 3.8) is 0 Å². The van der Waals surface area contributed by atoms with E-state index in [1.807, 2.05) is 6.92 Å². The number of hydrogen-bond acceptors (Lipinski definition) is 3. The van der Waals surface area contributed by atoms with Crippen LogP contribution >= 0.6 is 0 Å². The lowest BCUT2D eigenvalue weighted by Gasteiger charge is -2.20. The number of hydrogen-bond donors (Lipinski definition) is 1. The molecule has 0 bridgehead atoms. The summed E-state index contributed by atoms with van der Waals surface area (Å²) in [6.07, 6.45) is 7.08. The summed E-state index contributed by atoms with van der Waals surface area (Å²) >= 11 is 0. The summed E-state index contributed by atoms with van der Waals surface area (Å²) in [7, 11) is 1.43. The zero-order valence-electron chi connectivity index (χ0n) is 12.2. The quantitative estimate of drug-likeness (QED) is 0.848. The maximum Gasteiger partial charge on any atom is 0.316 e. The highest BCUT2D eigenvalue weighted by atomic mass is 16.5. The van der Waals surface area contributed by atoms with Gasteiger partial charge < -0.3 is 9.72 Å². The van der Waals surface area contributed by atoms with Crippen molar-refractivity contribution in [3.8, 4) is 0 Å². The topological polar surface area (TPSA) is 55.0 Å². The van der Waals surface area contributed by atoms with Crippen LogP contribution in [0.25, 0.3) is 0 Å². The Morgan fingerprint density at radius 2 is 2.11 bits per heavy atom. The monoisotopic (exact) mass is 264 g/mol. The molecule has 0 radical (unpaired) electrons. The van der Waals surface area contributed by atoms with Gasteiger partial charge in [0.1, 0.15) is 11.7 Å². The predicted molar refractivity (Wildman–Crippen MR) is 74.2 cm³/mol. The second kappa shape index (κ2) is 6.22. The molecule has 4 heteroatoms. The zero-order valence-corrected chi connectivity index (χ0v) is 12.2. The number of carbonyl (C=O) groups excluding carboxylic acids is 1. The molecule has 1 atom stereocenters. The van der Waals surface area contributed by atoms with Gasteiger partial charge in [-0.1, -0.05) is 26.2 Å². The first-order chi connectivity index (χ1) is 9.17. The van der Waals surface area contributed by atoms with E-state index in [1.165, 1.54) is 39.2 Å². The fourth-order valence-corrected chi connectivity index (χ4v) is 3.05. The maximum absolute atomic E-state index is 11.8. The highest BCUT2D eigenvalue weighted by molar-refractivity contribution is 5.76. The van der Waals surface area contributed by atoms with Gasteiger partial charge in [-0.2, -0.15) is 0 Å². The Labute approximate surface area is 115 Å². The molecule has 1 aliphatic carbocycles. The lowest BCUT2D eigenvalue weighted by Crippen LogP contribution is -2.15. The first-order valence-corrected chi connectivity index (χ1v) is 7.31. The van der Waals surface area contributed by atoms with Crippen molar-refractivity contribution in [2.75, 3.05) is 7.11 Å². The minimum absolute atomic E-state index is 0.202. The number of rotatable bonds is 4. The van der Waals surface area contributed by atoms with Crippen molar-refractivity contribution >= 4 is 5.97 Å². The Bertz CT molecular complexity index is 433. The number of carbonyl (C=O) groups is 1. The molecule has 4 nitrogen and oxygen atoms in total. The van der Waals surface area contributed by atoms with Gasteiger partial charge >= 0.3 is 5.97 Å². The first-order valence-electron chi connectivity index (χ1n) is 7.31. The summed E-state index contributed by atoms with van der Waals surface area (Å²) in [5.74, 6) is 0.869. The Kier molecular flexibility index (Phi) is 4.61. The van der Waals surface area contributed by atoms with Crippen LogP contribution in [-0.2, 0) is 9.53 Å². The molecular weight excluding hydrogens is 240 g/mol. The van der Waals surface area contributed by atoms with Gasteiger partial charge in [0, 0.05) is 11.6 Å². The number of aryl methyl sites for hydroxylation is 1. The molecule has 1 fully saturated rings. The molecule has 1 saturated carbocycles. The Balaban J connectivity index is 2.21. The number of imidazole rings is 1. The van der Waals surface area contributed by atoms with Gasteiger partial charge in [0.05, 0.1) is 12.8 Å². The summed E-state index contributed by atoms with van der Waals surface area (Å²) in [6, 6.07) is 0. The number of methoxy groups -OCH3 is 1. The van der Waals surface area contributed by atoms with Gasteiger partial charge in [-0.15, -0.1) is 0 Å². The van der Waals surface area contributed by atoms with Gasteiger partial charge in [0.15, 0.2) is 0 Å². The SMILES string of the molecule is CCC(C(=O)OC)c1nc(C2CCCCC2)c(C)[nH]1. The first kappa shape index (κ1) is 14.1. The fourth-order valence-electron chi connectivity index (χ4n) is 3.05. The molecule has 0 spiro atoms. The molecule has 19 heavy (non-hydrogen) atoms. The number of aromatic amines is 1. The molecule has 1 unspecified atom stereocenters. The second-order valence-electron chi connectivity index (χ2n) is 5.45. The molecule has 0 aliphatic heterocycles. The van der Waals surface area contributed by atoms with E-state index >= 15 is 0 Å². The molecule has 1 N–H and O–H groups in total. The number of H-pyrrole nitrogens is 1. The average molecular weight is 264 g/mol. The van der Waals surface area contributed by atoms with Crippen LogP contribution in [0.2, 0.25) is 0 Å². The number of nitrogens with one attached hydrogen (secondary N) is 1. The van der Waals surface area contributed by atoms with Crippen molar-refractivity contribution in [2.45, 2.75) is 64.2 Å². The summed E-state index contributed by atoms with van der Waals surface area (Å²) in [5, 5.41) is 0. The summed E-state index contributed by atoms with van der Waals surface area (Å²) < 4.78 is 4.85. The lowest BCUT2D eigenvalue weighted by atomic mass is 9.86. The third-order valence-electron chi connectivity index (χ3n) is 4.16. The molecule has 0 aromatic carbocycles. The van der Waals surface area contributed by atoms with Crippen LogP contribution in [0, 0.1) is 6.92 Å². The van der Waals surface area contributed by atoms with E-state index in [-0.39, 0.29) is 11.9 Å². The van der Waals surface area contributed by atoms with E-state index in [0.717, 1.165) is 17.2 Å². The minimum atomic E-state index is -0.263. The van der Waals surface area contributed by atoms with Crippen LogP contribution in [0.15, 0.2) is 0 Å². The third kappa shape index (κ3) is 2.99. The van der Waals surface area contributed by atoms with E-state index < -0.39 is 0 Å². The number of ether oxygens (including phenoxy) is 1. The molecule has 1 heterocycles. The van der Waals surface area contributed by atoms with E-state index in [9.17, 15) is 4.79 Å². The minimum Gasteiger partial charge on any atom is -0.468 e. The van der Waals surface area contributed by atoms with Crippen molar-refractivity contribution in [1.29, 1.82) is 0 Å². The summed E-state index contributed by atoms with van der Waals surface area (Å²) in [4.78, 5) is 19.8. The van der Waals surface area contributed by atoms with Crippen molar-refractivity contribution < 1.29 is 9.53 Å². The Hall–Kier alpha value is -1.32. The second-order valence-corrected chi connectivity index (χ2v) is 5.45. The van der Waals surface area contributed by atoms with Crippen LogP contribution in [-0.4, -0.2) is 23.0 Å². The zero-order chi connectivity index (χ0) is 13.8. The van der Waals surface area contributed by atoms with Crippen molar-refractivity contribution in [1.82, 2.24) is 9.97 Å². The molecule has 1 aromatic rings. The lowest BCUT2D eigenvalue weighted by molar-refractivity contribution is -0.142. The molecule has 2 rings (SSSR count). The standard InChI is InChI=1S/C15H24N2O2/c1-4-12(15(18)19-3)14-16-10(2)13(17-14)11-8-6-5-7-9-11/h11-12H,4-9H2,1-3H3,(H,16,17). The van der Waals surface area contributed by atoms with Gasteiger partial charge in [-0.25, -0.2) is 4.98 Å². The van der Waals surface area contributed by atoms with Gasteiger partial charge in [0.25, 0.3) is 0 Å². The third-order valence-corrected chi connectivity index (χ3v) is 4.16. The normalized spacial score (nSPS) is 18.3. The fraction of sp³-hybridized carbons (Fsp3) is 0.733. The number of nitrogens with zero attached hydrogens (tertiary/aromatic N) is 1. The van der Waals surface area contributed by atoms with Crippen LogP contribution < -0.4 is 0 Å². The molecule has 106 valence electrons. The summed E-state index contributed by atoms with van der Waals surface area (Å²) in [6.45, 7) is 4.05. The molecule has 0 amide bonds. The molecular formula is C15H24N2O2. The highest BCUT2D eigenvalue weighted by Gasteiger charge is 2.26. The van der Waals surface area contributed by atoms with Crippen LogP contribution in [0.5, 0.6) is 0 Å². The van der Waals surface area contributed by atoms with E-state index in [1.54, 1.807) is 0 Å². The average Bonchev–Trinajstić information content (AvgIpc) is 2.82. The predicted octanol–water partition coefficient (Wildman–Crippen LogP) is 3.43. The van der Waals surface area contributed by atoms with Crippen LogP contribution in [0.3, 0.4) is 0 Å². The van der Waals surface area contributed by atoms with Crippen molar-refractivity contribution in [3.05, 3.63) is 17.2 Å². The molecule has 1 aromatic heterocycles. The smallest absolute Gasteiger partial charge is 0.316 e. The van der Waals surface area contributed by atoms with Gasteiger partial charge in [-0.3, -0.25) is 4.79 Å². The number of esters is 1. The number of aromatic nitrogens is 2. The molecule has 0 saturated heterocycles. The van der Waals surface area contributed by atoms with Crippen molar-refractivity contribution in [2.24, 2.45) is 0 Å². The van der Waals surface area contributed by atoms with Crippen LogP contribution in [0.4, 0.5) is 0 Å².